The van der Waals surface area contributed by atoms with Crippen molar-refractivity contribution in [2.75, 3.05) is 0 Å². The van der Waals surface area contributed by atoms with Crippen LogP contribution in [0.25, 0.3) is 10.9 Å². The molecule has 1 aromatic carbocycles. The molecule has 0 aliphatic heterocycles. The molecule has 3 heteroatoms. The van der Waals surface area contributed by atoms with Crippen molar-refractivity contribution < 1.29 is 5.11 Å². The van der Waals surface area contributed by atoms with Crippen molar-refractivity contribution in [3.63, 3.8) is 0 Å². The lowest BCUT2D eigenvalue weighted by molar-refractivity contribution is 0.200. The molecular weight excluding hydrogens is 234 g/mol. The van der Waals surface area contributed by atoms with Gasteiger partial charge in [-0.1, -0.05) is 43.6 Å². The monoisotopic (exact) mass is 251 g/mol. The molecule has 1 N–H and O–H groups in total. The fraction of sp³-hybridized carbons (Fsp3) is 0.429. The summed E-state index contributed by atoms with van der Waals surface area (Å²) in [5, 5.41) is 11.6. The van der Waals surface area contributed by atoms with Gasteiger partial charge in [-0.15, -0.1) is 0 Å². The molecule has 0 fully saturated rings. The number of aliphatic hydroxyl groups is 1. The second kappa shape index (κ2) is 4.71. The second-order valence-corrected chi connectivity index (χ2v) is 5.26. The van der Waals surface area contributed by atoms with E-state index in [1.807, 2.05) is 18.2 Å². The molecule has 2 rings (SSSR count). The number of aliphatic hydroxyl groups excluding tert-OH is 1. The van der Waals surface area contributed by atoms with E-state index in [1.165, 1.54) is 0 Å². The lowest BCUT2D eigenvalue weighted by Crippen LogP contribution is -2.04. The highest BCUT2D eigenvalue weighted by Crippen LogP contribution is 2.34. The third-order valence-electron chi connectivity index (χ3n) is 2.91. The van der Waals surface area contributed by atoms with Gasteiger partial charge in [0, 0.05) is 23.0 Å². The number of nitrogens with zero attached hydrogens (tertiary/aromatic N) is 1. The molecular formula is C14H18ClNO. The Balaban J connectivity index is 2.70. The van der Waals surface area contributed by atoms with Crippen LogP contribution >= 0.6 is 11.6 Å². The van der Waals surface area contributed by atoms with Crippen LogP contribution < -0.4 is 0 Å². The highest BCUT2D eigenvalue weighted by atomic mass is 35.5. The van der Waals surface area contributed by atoms with E-state index in [-0.39, 0.29) is 0 Å². The standard InChI is InChI=1S/C14H18ClNO/c1-9(2)8-16-12-7-5-4-6-11(12)13(10(3)17)14(16)15/h4-7,9-10,17H,8H2,1-3H3. The summed E-state index contributed by atoms with van der Waals surface area (Å²) in [5.41, 5.74) is 1.94. The lowest BCUT2D eigenvalue weighted by Gasteiger charge is -2.10. The lowest BCUT2D eigenvalue weighted by atomic mass is 10.1. The van der Waals surface area contributed by atoms with Crippen LogP contribution in [-0.2, 0) is 6.54 Å². The van der Waals surface area contributed by atoms with Crippen LogP contribution in [0, 0.1) is 5.92 Å². The zero-order valence-electron chi connectivity index (χ0n) is 10.4. The summed E-state index contributed by atoms with van der Waals surface area (Å²) in [6.45, 7) is 6.94. The predicted molar refractivity (Wildman–Crippen MR) is 72.4 cm³/mol. The van der Waals surface area contributed by atoms with Crippen molar-refractivity contribution in [2.45, 2.75) is 33.4 Å². The number of para-hydroxylation sites is 1. The Kier molecular flexibility index (Phi) is 3.45. The summed E-state index contributed by atoms with van der Waals surface area (Å²) in [6, 6.07) is 8.04. The fourth-order valence-corrected chi connectivity index (χ4v) is 2.66. The van der Waals surface area contributed by atoms with Gasteiger partial charge in [-0.2, -0.15) is 0 Å². The minimum absolute atomic E-state index is 0.519. The predicted octanol–water partition coefficient (Wildman–Crippen LogP) is 4.00. The van der Waals surface area contributed by atoms with Crippen LogP contribution in [-0.4, -0.2) is 9.67 Å². The molecule has 0 spiro atoms. The topological polar surface area (TPSA) is 25.2 Å². The van der Waals surface area contributed by atoms with Crippen LogP contribution in [0.5, 0.6) is 0 Å². The van der Waals surface area contributed by atoms with E-state index in [2.05, 4.69) is 24.5 Å². The van der Waals surface area contributed by atoms with Crippen LogP contribution in [0.15, 0.2) is 24.3 Å². The molecule has 0 amide bonds. The summed E-state index contributed by atoms with van der Waals surface area (Å²) >= 11 is 6.39. The van der Waals surface area contributed by atoms with Gasteiger partial charge < -0.3 is 9.67 Å². The van der Waals surface area contributed by atoms with Gasteiger partial charge in [0.05, 0.1) is 6.10 Å². The Morgan fingerprint density at radius 2 is 1.88 bits per heavy atom. The highest BCUT2D eigenvalue weighted by Gasteiger charge is 2.18. The van der Waals surface area contributed by atoms with E-state index >= 15 is 0 Å². The average molecular weight is 252 g/mol. The van der Waals surface area contributed by atoms with Gasteiger partial charge in [-0.3, -0.25) is 0 Å². The molecule has 2 nitrogen and oxygen atoms in total. The van der Waals surface area contributed by atoms with Crippen molar-refractivity contribution >= 4 is 22.5 Å². The van der Waals surface area contributed by atoms with Gasteiger partial charge in [0.15, 0.2) is 0 Å². The molecule has 2 aromatic rings. The van der Waals surface area contributed by atoms with Crippen molar-refractivity contribution in [1.82, 2.24) is 4.57 Å². The molecule has 0 aliphatic carbocycles. The number of hydrogen-bond acceptors (Lipinski definition) is 1. The van der Waals surface area contributed by atoms with E-state index in [0.29, 0.717) is 11.1 Å². The quantitative estimate of drug-likeness (QED) is 0.876. The number of rotatable bonds is 3. The molecule has 1 atom stereocenters. The van der Waals surface area contributed by atoms with Gasteiger partial charge in [-0.05, 0) is 18.9 Å². The van der Waals surface area contributed by atoms with Crippen LogP contribution in [0.1, 0.15) is 32.4 Å². The van der Waals surface area contributed by atoms with E-state index in [9.17, 15) is 5.11 Å². The fourth-order valence-electron chi connectivity index (χ4n) is 2.24. The maximum atomic E-state index is 9.85. The Morgan fingerprint density at radius 1 is 1.24 bits per heavy atom. The summed E-state index contributed by atoms with van der Waals surface area (Å²) in [4.78, 5) is 0. The second-order valence-electron chi connectivity index (χ2n) is 4.90. The summed E-state index contributed by atoms with van der Waals surface area (Å²) in [7, 11) is 0. The molecule has 0 radical (unpaired) electrons. The van der Waals surface area contributed by atoms with Gasteiger partial charge in [0.1, 0.15) is 5.15 Å². The number of fused-ring (bicyclic) bond motifs is 1. The van der Waals surface area contributed by atoms with E-state index in [0.717, 1.165) is 23.0 Å². The Morgan fingerprint density at radius 3 is 2.47 bits per heavy atom. The SMILES string of the molecule is CC(C)Cn1c(Cl)c(C(C)O)c2ccccc21. The minimum atomic E-state index is -0.541. The smallest absolute Gasteiger partial charge is 0.115 e. The molecule has 0 saturated heterocycles. The molecule has 1 aromatic heterocycles. The van der Waals surface area contributed by atoms with E-state index < -0.39 is 6.10 Å². The molecule has 0 aliphatic rings. The zero-order chi connectivity index (χ0) is 12.6. The van der Waals surface area contributed by atoms with Crippen molar-refractivity contribution in [1.29, 1.82) is 0 Å². The number of aromatic nitrogens is 1. The van der Waals surface area contributed by atoms with Crippen LogP contribution in [0.3, 0.4) is 0 Å². The van der Waals surface area contributed by atoms with Gasteiger partial charge in [0.25, 0.3) is 0 Å². The molecule has 1 heterocycles. The molecule has 1 unspecified atom stereocenters. The molecule has 92 valence electrons. The van der Waals surface area contributed by atoms with Crippen LogP contribution in [0.2, 0.25) is 5.15 Å². The third-order valence-corrected chi connectivity index (χ3v) is 3.32. The maximum absolute atomic E-state index is 9.85. The third kappa shape index (κ3) is 2.20. The van der Waals surface area contributed by atoms with E-state index in [1.54, 1.807) is 6.92 Å². The Labute approximate surface area is 107 Å². The average Bonchev–Trinajstić information content (AvgIpc) is 2.52. The first kappa shape index (κ1) is 12.5. The van der Waals surface area contributed by atoms with Crippen molar-refractivity contribution in [3.8, 4) is 0 Å². The molecule has 17 heavy (non-hydrogen) atoms. The number of halogens is 1. The van der Waals surface area contributed by atoms with Crippen molar-refractivity contribution in [2.24, 2.45) is 5.92 Å². The highest BCUT2D eigenvalue weighted by molar-refractivity contribution is 6.32. The largest absolute Gasteiger partial charge is 0.389 e. The van der Waals surface area contributed by atoms with E-state index in [4.69, 9.17) is 11.6 Å². The maximum Gasteiger partial charge on any atom is 0.115 e. The summed E-state index contributed by atoms with van der Waals surface area (Å²) in [5.74, 6) is 0.519. The van der Waals surface area contributed by atoms with Crippen molar-refractivity contribution in [3.05, 3.63) is 35.0 Å². The first-order valence-electron chi connectivity index (χ1n) is 5.97. The van der Waals surface area contributed by atoms with Crippen LogP contribution in [0.4, 0.5) is 0 Å². The Bertz CT molecular complexity index is 528. The van der Waals surface area contributed by atoms with Gasteiger partial charge >= 0.3 is 0 Å². The first-order chi connectivity index (χ1) is 8.02. The summed E-state index contributed by atoms with van der Waals surface area (Å²) in [6.07, 6.45) is -0.541. The molecule has 0 saturated carbocycles. The first-order valence-corrected chi connectivity index (χ1v) is 6.34. The normalized spacial score (nSPS) is 13.5. The minimum Gasteiger partial charge on any atom is -0.389 e. The Hall–Kier alpha value is -0.990. The number of benzene rings is 1. The molecule has 0 bridgehead atoms. The number of hydrogen-bond donors (Lipinski definition) is 1. The zero-order valence-corrected chi connectivity index (χ0v) is 11.2. The summed E-state index contributed by atoms with van der Waals surface area (Å²) < 4.78 is 2.09. The van der Waals surface area contributed by atoms with Gasteiger partial charge in [0.2, 0.25) is 0 Å². The van der Waals surface area contributed by atoms with Gasteiger partial charge in [-0.25, -0.2) is 0 Å².